The van der Waals surface area contributed by atoms with Crippen LogP contribution in [0.15, 0.2) is 24.5 Å². The fourth-order valence-corrected chi connectivity index (χ4v) is 0.426. The molecule has 1 aromatic heterocycles. The van der Waals surface area contributed by atoms with Crippen molar-refractivity contribution in [2.75, 3.05) is 0 Å². The Morgan fingerprint density at radius 3 is 3.12 bits per heavy atom. The predicted octanol–water partition coefficient (Wildman–Crippen LogP) is 0.540. The summed E-state index contributed by atoms with van der Waals surface area (Å²) < 4.78 is 28.3. The molecule has 0 aliphatic carbocycles. The molecule has 0 saturated heterocycles. The monoisotopic (exact) mass is 112 g/mol. The van der Waals surface area contributed by atoms with Crippen LogP contribution >= 0.6 is 0 Å². The molecular formula is C6H8N2. The zero-order valence-electron chi connectivity index (χ0n) is 8.20. The Balaban J connectivity index is 2.98. The second-order valence-electron chi connectivity index (χ2n) is 1.35. The lowest BCUT2D eigenvalue weighted by molar-refractivity contribution is 1.06. The van der Waals surface area contributed by atoms with Crippen molar-refractivity contribution in [3.8, 4) is 0 Å². The van der Waals surface area contributed by atoms with E-state index in [1.54, 1.807) is 0 Å². The lowest BCUT2D eigenvalue weighted by atomic mass is 10.3. The van der Waals surface area contributed by atoms with E-state index in [2.05, 4.69) is 4.98 Å². The lowest BCUT2D eigenvalue weighted by Crippen LogP contribution is -1.94. The first-order chi connectivity index (χ1) is 5.55. The largest absolute Gasteiger partial charge is 0.326 e. The van der Waals surface area contributed by atoms with Gasteiger partial charge in [0.05, 0.1) is 0 Å². The average Bonchev–Trinajstić information content (AvgIpc) is 2.06. The van der Waals surface area contributed by atoms with Crippen molar-refractivity contribution in [1.29, 1.82) is 0 Å². The summed E-state index contributed by atoms with van der Waals surface area (Å²) >= 11 is 0. The zero-order valence-corrected chi connectivity index (χ0v) is 4.20. The summed E-state index contributed by atoms with van der Waals surface area (Å²) in [6.07, 6.45) is 2.85. The molecule has 0 amide bonds. The number of nitrogens with zero attached hydrogens (tertiary/aromatic N) is 1. The Hall–Kier alpha value is -0.890. The van der Waals surface area contributed by atoms with Crippen molar-refractivity contribution in [2.45, 2.75) is 6.50 Å². The van der Waals surface area contributed by atoms with E-state index in [9.17, 15) is 0 Å². The Bertz CT molecular complexity index is 249. The minimum absolute atomic E-state index is 0.0301. The van der Waals surface area contributed by atoms with Crippen LogP contribution in [0.25, 0.3) is 0 Å². The third-order valence-corrected chi connectivity index (χ3v) is 0.809. The van der Waals surface area contributed by atoms with Gasteiger partial charge in [-0.25, -0.2) is 0 Å². The molecule has 0 aliphatic heterocycles. The summed E-state index contributed by atoms with van der Waals surface area (Å²) in [5, 5.41) is 0. The molecule has 2 heteroatoms. The molecule has 0 atom stereocenters. The van der Waals surface area contributed by atoms with Crippen LogP contribution in [-0.4, -0.2) is 4.98 Å². The second kappa shape index (κ2) is 2.43. The Labute approximate surface area is 54.1 Å². The number of rotatable bonds is 2. The molecule has 42 valence electrons. The first-order valence-corrected chi connectivity index (χ1v) is 2.23. The first kappa shape index (κ1) is 2.15. The van der Waals surface area contributed by atoms with Crippen molar-refractivity contribution in [2.24, 2.45) is 5.72 Å². The number of pyridine rings is 1. The normalized spacial score (nSPS) is 18.6. The van der Waals surface area contributed by atoms with E-state index >= 15 is 0 Å². The van der Waals surface area contributed by atoms with E-state index in [1.807, 2.05) is 0 Å². The van der Waals surface area contributed by atoms with Crippen LogP contribution in [0.2, 0.25) is 2.82 Å². The first-order valence-electron chi connectivity index (χ1n) is 4.13. The fourth-order valence-electron chi connectivity index (χ4n) is 0.426. The summed E-state index contributed by atoms with van der Waals surface area (Å²) in [5.74, 6) is 0. The van der Waals surface area contributed by atoms with Gasteiger partial charge in [0, 0.05) is 21.6 Å². The molecule has 0 unspecified atom stereocenters. The van der Waals surface area contributed by atoms with Crippen LogP contribution in [0, 0.1) is 0 Å². The topological polar surface area (TPSA) is 38.9 Å². The summed E-state index contributed by atoms with van der Waals surface area (Å²) in [6.45, 7) is -2.08. The Kier molecular flexibility index (Phi) is 0.652. The molecule has 8 heavy (non-hydrogen) atoms. The maximum Gasteiger partial charge on any atom is 0.119 e. The van der Waals surface area contributed by atoms with E-state index < -0.39 is 6.50 Å². The molecule has 1 rings (SSSR count). The molecule has 0 fully saturated rings. The van der Waals surface area contributed by atoms with Crippen LogP contribution in [0.3, 0.4) is 0 Å². The highest BCUT2D eigenvalue weighted by Gasteiger charge is 1.80. The third kappa shape index (κ3) is 1.04. The summed E-state index contributed by atoms with van der Waals surface area (Å²) in [5.41, 5.74) is 0.282. The standard InChI is InChI=1S/C6H8N2/c7-5-6-1-3-8-4-2-6/h1-4H,5,7H2/i5D2/hD2. The maximum atomic E-state index is 7.31. The van der Waals surface area contributed by atoms with E-state index in [0.717, 1.165) is 0 Å². The molecule has 0 aliphatic rings. The number of hydrogen-bond donors (Lipinski definition) is 1. The van der Waals surface area contributed by atoms with Gasteiger partial charge in [-0.15, -0.1) is 0 Å². The molecule has 0 spiro atoms. The SMILES string of the molecule is [2H]N([2H])C([2H])([2H])c1ccncc1. The van der Waals surface area contributed by atoms with Crippen LogP contribution in [0.4, 0.5) is 0 Å². The van der Waals surface area contributed by atoms with Gasteiger partial charge in [0.1, 0.15) is 2.82 Å². The third-order valence-electron chi connectivity index (χ3n) is 0.809. The van der Waals surface area contributed by atoms with Crippen molar-refractivity contribution in [3.05, 3.63) is 30.1 Å². The molecule has 0 aromatic carbocycles. The molecular weight excluding hydrogens is 100 g/mol. The summed E-state index contributed by atoms with van der Waals surface area (Å²) in [4.78, 5) is 3.71. The molecule has 1 heterocycles. The fraction of sp³-hybridized carbons (Fsp3) is 0.167. The van der Waals surface area contributed by atoms with E-state index in [1.165, 1.54) is 24.5 Å². The van der Waals surface area contributed by atoms with Crippen molar-refractivity contribution in [1.82, 2.24) is 4.98 Å². The number of nitrogens with two attached hydrogens (primary N) is 1. The Morgan fingerprint density at radius 1 is 1.75 bits per heavy atom. The van der Waals surface area contributed by atoms with Crippen molar-refractivity contribution in [3.63, 3.8) is 0 Å². The molecule has 2 nitrogen and oxygen atoms in total. The van der Waals surface area contributed by atoms with Gasteiger partial charge in [0.2, 0.25) is 0 Å². The van der Waals surface area contributed by atoms with Crippen LogP contribution in [0.5, 0.6) is 0 Å². The molecule has 2 N–H and O–H groups in total. The maximum absolute atomic E-state index is 7.31. The summed E-state index contributed by atoms with van der Waals surface area (Å²) in [6, 6.07) is 2.88. The van der Waals surface area contributed by atoms with Gasteiger partial charge in [-0.2, -0.15) is 0 Å². The highest BCUT2D eigenvalue weighted by Crippen LogP contribution is 1.91. The van der Waals surface area contributed by atoms with Gasteiger partial charge < -0.3 is 5.72 Å². The van der Waals surface area contributed by atoms with Gasteiger partial charge in [-0.3, -0.25) is 4.98 Å². The van der Waals surface area contributed by atoms with Gasteiger partial charge in [-0.1, -0.05) is 0 Å². The average molecular weight is 112 g/mol. The molecule has 1 aromatic rings. The quantitative estimate of drug-likeness (QED) is 0.606. The number of aromatic nitrogens is 1. The van der Waals surface area contributed by atoms with Crippen LogP contribution in [0.1, 0.15) is 8.30 Å². The van der Waals surface area contributed by atoms with E-state index in [-0.39, 0.29) is 11.3 Å². The minimum atomic E-state index is -2.08. The molecule has 0 bridgehead atoms. The molecule has 0 saturated carbocycles. The lowest BCUT2D eigenvalue weighted by Gasteiger charge is -1.89. The number of hydrogen-bond acceptors (Lipinski definition) is 2. The van der Waals surface area contributed by atoms with Crippen LogP contribution in [-0.2, 0) is 6.50 Å². The second-order valence-corrected chi connectivity index (χ2v) is 1.35. The molecule has 0 radical (unpaired) electrons. The van der Waals surface area contributed by atoms with Gasteiger partial charge in [0.15, 0.2) is 0 Å². The van der Waals surface area contributed by atoms with Gasteiger partial charge in [0.25, 0.3) is 0 Å². The van der Waals surface area contributed by atoms with Crippen molar-refractivity contribution < 1.29 is 5.57 Å². The Morgan fingerprint density at radius 2 is 2.50 bits per heavy atom. The van der Waals surface area contributed by atoms with Crippen LogP contribution < -0.4 is 5.72 Å². The minimum Gasteiger partial charge on any atom is -0.326 e. The smallest absolute Gasteiger partial charge is 0.119 e. The van der Waals surface area contributed by atoms with Gasteiger partial charge >= 0.3 is 0 Å². The van der Waals surface area contributed by atoms with E-state index in [4.69, 9.17) is 5.57 Å². The predicted molar refractivity (Wildman–Crippen MR) is 32.1 cm³/mol. The van der Waals surface area contributed by atoms with Crippen molar-refractivity contribution >= 4 is 0 Å². The zero-order chi connectivity index (χ0) is 9.19. The highest BCUT2D eigenvalue weighted by molar-refractivity contribution is 5.08. The summed E-state index contributed by atoms with van der Waals surface area (Å²) in [7, 11) is 0. The highest BCUT2D eigenvalue weighted by atomic mass is 14.6. The van der Waals surface area contributed by atoms with E-state index in [0.29, 0.717) is 0 Å². The van der Waals surface area contributed by atoms with Gasteiger partial charge in [-0.05, 0) is 17.7 Å².